The first-order valence-corrected chi connectivity index (χ1v) is 8.66. The highest BCUT2D eigenvalue weighted by Crippen LogP contribution is 2.30. The SMILES string of the molecule is O=C(O)NC1CCOCC1COc1ccc(-c2ccc(C(F)(F)F)cn2)cc1. The molecule has 1 saturated heterocycles. The Hall–Kier alpha value is -2.81. The third-order valence-corrected chi connectivity index (χ3v) is 4.49. The van der Waals surface area contributed by atoms with Gasteiger partial charge in [0.1, 0.15) is 5.75 Å². The fraction of sp³-hybridized carbons (Fsp3) is 0.368. The summed E-state index contributed by atoms with van der Waals surface area (Å²) in [5.41, 5.74) is 0.286. The topological polar surface area (TPSA) is 80.7 Å². The molecule has 0 bridgehead atoms. The molecule has 1 aliphatic rings. The molecule has 1 aromatic heterocycles. The molecule has 1 fully saturated rings. The molecule has 0 radical (unpaired) electrons. The third-order valence-electron chi connectivity index (χ3n) is 4.49. The number of ether oxygens (including phenoxy) is 2. The van der Waals surface area contributed by atoms with Crippen LogP contribution in [0.1, 0.15) is 12.0 Å². The smallest absolute Gasteiger partial charge is 0.417 e. The zero-order chi connectivity index (χ0) is 20.1. The van der Waals surface area contributed by atoms with E-state index in [2.05, 4.69) is 10.3 Å². The summed E-state index contributed by atoms with van der Waals surface area (Å²) in [5.74, 6) is 0.455. The fourth-order valence-corrected chi connectivity index (χ4v) is 2.97. The molecule has 1 amide bonds. The maximum absolute atomic E-state index is 12.6. The lowest BCUT2D eigenvalue weighted by atomic mass is 9.97. The van der Waals surface area contributed by atoms with Crippen molar-refractivity contribution >= 4 is 6.09 Å². The van der Waals surface area contributed by atoms with Crippen molar-refractivity contribution in [2.75, 3.05) is 19.8 Å². The molecule has 1 aromatic carbocycles. The number of aromatic nitrogens is 1. The molecule has 1 aliphatic heterocycles. The molecule has 150 valence electrons. The molecular weight excluding hydrogens is 377 g/mol. The van der Waals surface area contributed by atoms with E-state index < -0.39 is 17.8 Å². The van der Waals surface area contributed by atoms with Gasteiger partial charge in [0, 0.05) is 30.3 Å². The van der Waals surface area contributed by atoms with Crippen molar-refractivity contribution in [3.05, 3.63) is 48.2 Å². The number of nitrogens with zero attached hydrogens (tertiary/aromatic N) is 1. The number of carbonyl (C=O) groups is 1. The van der Waals surface area contributed by atoms with Gasteiger partial charge in [-0.15, -0.1) is 0 Å². The molecule has 2 atom stereocenters. The molecule has 0 spiro atoms. The molecule has 0 aliphatic carbocycles. The molecule has 0 saturated carbocycles. The van der Waals surface area contributed by atoms with Gasteiger partial charge in [0.15, 0.2) is 0 Å². The monoisotopic (exact) mass is 396 g/mol. The Balaban J connectivity index is 1.60. The fourth-order valence-electron chi connectivity index (χ4n) is 2.97. The van der Waals surface area contributed by atoms with E-state index in [0.717, 1.165) is 12.3 Å². The summed E-state index contributed by atoms with van der Waals surface area (Å²) in [6, 6.07) is 8.87. The summed E-state index contributed by atoms with van der Waals surface area (Å²) < 4.78 is 48.9. The minimum atomic E-state index is -4.42. The Labute approximate surface area is 159 Å². The van der Waals surface area contributed by atoms with E-state index in [0.29, 0.717) is 36.6 Å². The number of rotatable bonds is 5. The van der Waals surface area contributed by atoms with Crippen LogP contribution >= 0.6 is 0 Å². The lowest BCUT2D eigenvalue weighted by Crippen LogP contribution is -2.47. The quantitative estimate of drug-likeness (QED) is 0.803. The second-order valence-electron chi connectivity index (χ2n) is 6.44. The van der Waals surface area contributed by atoms with Crippen LogP contribution in [0.2, 0.25) is 0 Å². The zero-order valence-corrected chi connectivity index (χ0v) is 14.8. The van der Waals surface area contributed by atoms with Crippen molar-refractivity contribution < 1.29 is 32.5 Å². The maximum atomic E-state index is 12.6. The molecule has 3 rings (SSSR count). The summed E-state index contributed by atoms with van der Waals surface area (Å²) in [7, 11) is 0. The second-order valence-corrected chi connectivity index (χ2v) is 6.44. The van der Waals surface area contributed by atoms with Gasteiger partial charge in [-0.3, -0.25) is 4.98 Å². The maximum Gasteiger partial charge on any atom is 0.417 e. The van der Waals surface area contributed by atoms with Crippen molar-refractivity contribution in [2.24, 2.45) is 5.92 Å². The normalized spacial score (nSPS) is 19.8. The van der Waals surface area contributed by atoms with Crippen LogP contribution in [0.5, 0.6) is 5.75 Å². The van der Waals surface area contributed by atoms with Gasteiger partial charge >= 0.3 is 12.3 Å². The number of hydrogen-bond acceptors (Lipinski definition) is 4. The minimum absolute atomic E-state index is 0.110. The Bertz CT molecular complexity index is 794. The zero-order valence-electron chi connectivity index (χ0n) is 14.8. The second kappa shape index (κ2) is 8.47. The van der Waals surface area contributed by atoms with Crippen LogP contribution in [0.25, 0.3) is 11.3 Å². The molecule has 2 unspecified atom stereocenters. The summed E-state index contributed by atoms with van der Waals surface area (Å²) in [5, 5.41) is 11.4. The first-order valence-electron chi connectivity index (χ1n) is 8.66. The van der Waals surface area contributed by atoms with Crippen LogP contribution in [0.3, 0.4) is 0 Å². The number of pyridine rings is 1. The summed E-state index contributed by atoms with van der Waals surface area (Å²) >= 11 is 0. The molecule has 9 heteroatoms. The number of nitrogens with one attached hydrogen (secondary N) is 1. The van der Waals surface area contributed by atoms with Crippen molar-refractivity contribution in [1.29, 1.82) is 0 Å². The highest BCUT2D eigenvalue weighted by Gasteiger charge is 2.30. The highest BCUT2D eigenvalue weighted by molar-refractivity contribution is 5.65. The van der Waals surface area contributed by atoms with Gasteiger partial charge in [-0.25, -0.2) is 4.79 Å². The Morgan fingerprint density at radius 1 is 1.25 bits per heavy atom. The van der Waals surface area contributed by atoms with Gasteiger partial charge in [-0.2, -0.15) is 13.2 Å². The van der Waals surface area contributed by atoms with Crippen LogP contribution in [0, 0.1) is 5.92 Å². The first kappa shape index (κ1) is 19.9. The van der Waals surface area contributed by atoms with Gasteiger partial charge < -0.3 is 19.9 Å². The largest absolute Gasteiger partial charge is 0.493 e. The first-order chi connectivity index (χ1) is 13.3. The molecule has 2 heterocycles. The van der Waals surface area contributed by atoms with E-state index in [9.17, 15) is 18.0 Å². The van der Waals surface area contributed by atoms with Gasteiger partial charge in [0.2, 0.25) is 0 Å². The Morgan fingerprint density at radius 2 is 2.00 bits per heavy atom. The predicted octanol–water partition coefficient (Wildman–Crippen LogP) is 3.82. The summed E-state index contributed by atoms with van der Waals surface area (Å²) in [6.45, 7) is 1.18. The van der Waals surface area contributed by atoms with Crippen LogP contribution in [-0.2, 0) is 10.9 Å². The van der Waals surface area contributed by atoms with E-state index in [1.807, 2.05) is 0 Å². The number of carboxylic acid groups (broad SMARTS) is 1. The number of hydrogen-bond donors (Lipinski definition) is 2. The number of amides is 1. The lowest BCUT2D eigenvalue weighted by Gasteiger charge is -2.31. The average molecular weight is 396 g/mol. The molecule has 6 nitrogen and oxygen atoms in total. The van der Waals surface area contributed by atoms with Crippen LogP contribution < -0.4 is 10.1 Å². The van der Waals surface area contributed by atoms with E-state index in [-0.39, 0.29) is 18.6 Å². The summed E-state index contributed by atoms with van der Waals surface area (Å²) in [4.78, 5) is 14.7. The van der Waals surface area contributed by atoms with Crippen molar-refractivity contribution in [2.45, 2.75) is 18.6 Å². The van der Waals surface area contributed by atoms with E-state index in [1.165, 1.54) is 6.07 Å². The number of benzene rings is 1. The van der Waals surface area contributed by atoms with Crippen molar-refractivity contribution in [3.63, 3.8) is 0 Å². The van der Waals surface area contributed by atoms with Crippen molar-refractivity contribution in [1.82, 2.24) is 10.3 Å². The van der Waals surface area contributed by atoms with Crippen LogP contribution in [0.15, 0.2) is 42.6 Å². The lowest BCUT2D eigenvalue weighted by molar-refractivity contribution is -0.137. The number of halogens is 3. The van der Waals surface area contributed by atoms with Gasteiger partial charge in [-0.05, 0) is 42.8 Å². The molecule has 2 N–H and O–H groups in total. The molecule has 2 aromatic rings. The van der Waals surface area contributed by atoms with E-state index in [1.54, 1.807) is 24.3 Å². The van der Waals surface area contributed by atoms with Gasteiger partial charge in [0.25, 0.3) is 0 Å². The van der Waals surface area contributed by atoms with Crippen LogP contribution in [0.4, 0.5) is 18.0 Å². The van der Waals surface area contributed by atoms with Crippen molar-refractivity contribution in [3.8, 4) is 17.0 Å². The van der Waals surface area contributed by atoms with Gasteiger partial charge in [-0.1, -0.05) is 0 Å². The molecule has 28 heavy (non-hydrogen) atoms. The summed E-state index contributed by atoms with van der Waals surface area (Å²) in [6.07, 6.45) is -4.11. The Kier molecular flexibility index (Phi) is 6.03. The highest BCUT2D eigenvalue weighted by atomic mass is 19.4. The minimum Gasteiger partial charge on any atom is -0.493 e. The van der Waals surface area contributed by atoms with Gasteiger partial charge in [0.05, 0.1) is 24.5 Å². The third kappa shape index (κ3) is 5.13. The predicted molar refractivity (Wildman–Crippen MR) is 94.0 cm³/mol. The number of alkyl halides is 3. The molecular formula is C19H19F3N2O4. The Morgan fingerprint density at radius 3 is 2.61 bits per heavy atom. The van der Waals surface area contributed by atoms with E-state index in [4.69, 9.17) is 14.6 Å². The van der Waals surface area contributed by atoms with Crippen LogP contribution in [-0.4, -0.2) is 42.0 Å². The standard InChI is InChI=1S/C19H19F3N2O4/c20-19(21,22)14-3-6-16(23-9-14)12-1-4-15(5-2-12)28-11-13-10-27-8-7-17(13)24-18(25)26/h1-6,9,13,17,24H,7-8,10-11H2,(H,25,26). The van der Waals surface area contributed by atoms with E-state index >= 15 is 0 Å². The average Bonchev–Trinajstić information content (AvgIpc) is 2.67.